The lowest BCUT2D eigenvalue weighted by molar-refractivity contribution is -0.274. The SMILES string of the molecule is O=C(NCc1cnc[nH]1)c1ccc(OC(F)(F)F)cc1. The monoisotopic (exact) mass is 285 g/mol. The summed E-state index contributed by atoms with van der Waals surface area (Å²) < 4.78 is 39.6. The molecule has 0 spiro atoms. The normalized spacial score (nSPS) is 11.2. The molecule has 0 aliphatic heterocycles. The minimum Gasteiger partial charge on any atom is -0.406 e. The number of amides is 1. The van der Waals surface area contributed by atoms with E-state index in [2.05, 4.69) is 20.0 Å². The molecule has 0 saturated heterocycles. The predicted molar refractivity (Wildman–Crippen MR) is 62.9 cm³/mol. The van der Waals surface area contributed by atoms with Crippen molar-refractivity contribution in [2.75, 3.05) is 0 Å². The molecule has 0 radical (unpaired) electrons. The lowest BCUT2D eigenvalue weighted by Crippen LogP contribution is -2.23. The van der Waals surface area contributed by atoms with Gasteiger partial charge >= 0.3 is 6.36 Å². The number of H-pyrrole nitrogens is 1. The Kier molecular flexibility index (Phi) is 3.92. The zero-order valence-corrected chi connectivity index (χ0v) is 10.1. The highest BCUT2D eigenvalue weighted by molar-refractivity contribution is 5.94. The Balaban J connectivity index is 1.93. The molecule has 5 nitrogen and oxygen atoms in total. The average Bonchev–Trinajstić information content (AvgIpc) is 2.88. The Hall–Kier alpha value is -2.51. The molecule has 8 heteroatoms. The number of alkyl halides is 3. The second-order valence-electron chi connectivity index (χ2n) is 3.83. The van der Waals surface area contributed by atoms with E-state index in [4.69, 9.17) is 0 Å². The highest BCUT2D eigenvalue weighted by atomic mass is 19.4. The van der Waals surface area contributed by atoms with Gasteiger partial charge in [-0.1, -0.05) is 0 Å². The Morgan fingerprint density at radius 3 is 2.55 bits per heavy atom. The molecule has 1 aromatic heterocycles. The van der Waals surface area contributed by atoms with Gasteiger partial charge in [0.25, 0.3) is 5.91 Å². The maximum Gasteiger partial charge on any atom is 0.573 e. The van der Waals surface area contributed by atoms with Crippen molar-refractivity contribution >= 4 is 5.91 Å². The Morgan fingerprint density at radius 2 is 2.00 bits per heavy atom. The summed E-state index contributed by atoms with van der Waals surface area (Å²) in [4.78, 5) is 18.3. The fourth-order valence-electron chi connectivity index (χ4n) is 1.47. The molecule has 0 saturated carbocycles. The third-order valence-corrected chi connectivity index (χ3v) is 2.34. The Bertz CT molecular complexity index is 565. The van der Waals surface area contributed by atoms with Gasteiger partial charge in [0.1, 0.15) is 5.75 Å². The van der Waals surface area contributed by atoms with Crippen LogP contribution in [0.25, 0.3) is 0 Å². The van der Waals surface area contributed by atoms with E-state index in [0.29, 0.717) is 0 Å². The summed E-state index contributed by atoms with van der Waals surface area (Å²) in [5.74, 6) is -0.777. The number of hydrogen-bond acceptors (Lipinski definition) is 3. The standard InChI is InChI=1S/C12H10F3N3O2/c13-12(14,15)20-10-3-1-8(2-4-10)11(19)17-6-9-5-16-7-18-9/h1-5,7H,6H2,(H,16,18)(H,17,19). The van der Waals surface area contributed by atoms with Gasteiger partial charge in [0, 0.05) is 11.8 Å². The van der Waals surface area contributed by atoms with Crippen LogP contribution in [-0.4, -0.2) is 22.2 Å². The summed E-state index contributed by atoms with van der Waals surface area (Å²) in [5, 5.41) is 2.60. The number of hydrogen-bond donors (Lipinski definition) is 2. The second kappa shape index (κ2) is 5.64. The summed E-state index contributed by atoms with van der Waals surface area (Å²) in [5.41, 5.74) is 0.953. The number of imidazole rings is 1. The summed E-state index contributed by atoms with van der Waals surface area (Å²) in [7, 11) is 0. The van der Waals surface area contributed by atoms with E-state index in [0.717, 1.165) is 17.8 Å². The largest absolute Gasteiger partial charge is 0.573 e. The molecule has 1 amide bonds. The zero-order chi connectivity index (χ0) is 14.6. The molecule has 0 fully saturated rings. The van der Waals surface area contributed by atoms with Crippen LogP contribution in [-0.2, 0) is 6.54 Å². The molecular formula is C12H10F3N3O2. The topological polar surface area (TPSA) is 67.0 Å². The molecule has 0 aliphatic carbocycles. The van der Waals surface area contributed by atoms with Crippen LogP contribution in [0.1, 0.15) is 16.1 Å². The molecule has 0 unspecified atom stereocenters. The van der Waals surface area contributed by atoms with Gasteiger partial charge in [-0.3, -0.25) is 4.79 Å². The number of aromatic amines is 1. The zero-order valence-electron chi connectivity index (χ0n) is 10.1. The van der Waals surface area contributed by atoms with Gasteiger partial charge in [-0.05, 0) is 24.3 Å². The number of nitrogens with one attached hydrogen (secondary N) is 2. The fourth-order valence-corrected chi connectivity index (χ4v) is 1.47. The van der Waals surface area contributed by atoms with Crippen molar-refractivity contribution in [3.8, 4) is 5.75 Å². The number of aromatic nitrogens is 2. The third kappa shape index (κ3) is 4.01. The molecule has 0 atom stereocenters. The molecule has 20 heavy (non-hydrogen) atoms. The van der Waals surface area contributed by atoms with E-state index in [-0.39, 0.29) is 17.9 Å². The number of halogens is 3. The molecule has 0 aliphatic rings. The van der Waals surface area contributed by atoms with Gasteiger partial charge in [0.2, 0.25) is 0 Å². The van der Waals surface area contributed by atoms with E-state index >= 15 is 0 Å². The number of ether oxygens (including phenoxy) is 1. The Morgan fingerprint density at radius 1 is 1.30 bits per heavy atom. The van der Waals surface area contributed by atoms with Gasteiger partial charge in [-0.2, -0.15) is 0 Å². The van der Waals surface area contributed by atoms with Crippen molar-refractivity contribution in [3.05, 3.63) is 48.0 Å². The summed E-state index contributed by atoms with van der Waals surface area (Å²) in [6.45, 7) is 0.250. The van der Waals surface area contributed by atoms with Crippen LogP contribution < -0.4 is 10.1 Å². The molecule has 1 aromatic carbocycles. The van der Waals surface area contributed by atoms with Crippen LogP contribution in [0.15, 0.2) is 36.8 Å². The maximum absolute atomic E-state index is 12.0. The van der Waals surface area contributed by atoms with Crippen molar-refractivity contribution in [1.29, 1.82) is 0 Å². The van der Waals surface area contributed by atoms with Crippen molar-refractivity contribution in [1.82, 2.24) is 15.3 Å². The number of rotatable bonds is 4. The van der Waals surface area contributed by atoms with E-state index in [1.165, 1.54) is 18.5 Å². The predicted octanol–water partition coefficient (Wildman–Crippen LogP) is 2.24. The average molecular weight is 285 g/mol. The number of carbonyl (C=O) groups is 1. The first-order chi connectivity index (χ1) is 9.44. The number of carbonyl (C=O) groups excluding carboxylic acids is 1. The minimum atomic E-state index is -4.75. The van der Waals surface area contributed by atoms with Crippen LogP contribution in [0.4, 0.5) is 13.2 Å². The molecule has 1 heterocycles. The molecule has 0 bridgehead atoms. The first kappa shape index (κ1) is 13.9. The lowest BCUT2D eigenvalue weighted by Gasteiger charge is -2.09. The van der Waals surface area contributed by atoms with Crippen molar-refractivity contribution < 1.29 is 22.7 Å². The van der Waals surface area contributed by atoms with E-state index in [9.17, 15) is 18.0 Å². The summed E-state index contributed by atoms with van der Waals surface area (Å²) in [6, 6.07) is 4.67. The molecule has 2 rings (SSSR count). The fraction of sp³-hybridized carbons (Fsp3) is 0.167. The van der Waals surface area contributed by atoms with Crippen LogP contribution in [0.3, 0.4) is 0 Å². The van der Waals surface area contributed by atoms with E-state index in [1.807, 2.05) is 0 Å². The second-order valence-corrected chi connectivity index (χ2v) is 3.83. The first-order valence-electron chi connectivity index (χ1n) is 5.55. The minimum absolute atomic E-state index is 0.235. The lowest BCUT2D eigenvalue weighted by atomic mass is 10.2. The van der Waals surface area contributed by atoms with Crippen LogP contribution >= 0.6 is 0 Å². The van der Waals surface area contributed by atoms with Crippen LogP contribution in [0.5, 0.6) is 5.75 Å². The van der Waals surface area contributed by atoms with Gasteiger partial charge in [0.15, 0.2) is 0 Å². The molecule has 2 aromatic rings. The van der Waals surface area contributed by atoms with Crippen molar-refractivity contribution in [2.24, 2.45) is 0 Å². The van der Waals surface area contributed by atoms with Crippen LogP contribution in [0.2, 0.25) is 0 Å². The number of nitrogens with zero attached hydrogens (tertiary/aromatic N) is 1. The summed E-state index contributed by atoms with van der Waals surface area (Å²) >= 11 is 0. The summed E-state index contributed by atoms with van der Waals surface area (Å²) in [6.07, 6.45) is -1.71. The van der Waals surface area contributed by atoms with E-state index in [1.54, 1.807) is 6.20 Å². The van der Waals surface area contributed by atoms with Crippen molar-refractivity contribution in [3.63, 3.8) is 0 Å². The highest BCUT2D eigenvalue weighted by Crippen LogP contribution is 2.22. The molecule has 2 N–H and O–H groups in total. The quantitative estimate of drug-likeness (QED) is 0.905. The van der Waals surface area contributed by atoms with Crippen LogP contribution in [0, 0.1) is 0 Å². The molecule has 106 valence electrons. The van der Waals surface area contributed by atoms with Gasteiger partial charge in [-0.25, -0.2) is 4.98 Å². The third-order valence-electron chi connectivity index (χ3n) is 2.34. The first-order valence-corrected chi connectivity index (χ1v) is 5.55. The molecular weight excluding hydrogens is 275 g/mol. The smallest absolute Gasteiger partial charge is 0.406 e. The van der Waals surface area contributed by atoms with Crippen molar-refractivity contribution in [2.45, 2.75) is 12.9 Å². The van der Waals surface area contributed by atoms with E-state index < -0.39 is 12.3 Å². The highest BCUT2D eigenvalue weighted by Gasteiger charge is 2.31. The maximum atomic E-state index is 12.0. The Labute approximate surface area is 111 Å². The van der Waals surface area contributed by atoms with Gasteiger partial charge in [0.05, 0.1) is 18.6 Å². The van der Waals surface area contributed by atoms with Gasteiger partial charge < -0.3 is 15.0 Å². The number of benzene rings is 1. The van der Waals surface area contributed by atoms with Gasteiger partial charge in [-0.15, -0.1) is 13.2 Å².